The monoisotopic (exact) mass is 362 g/mol. The van der Waals surface area contributed by atoms with Crippen molar-refractivity contribution in [3.05, 3.63) is 28.3 Å². The minimum absolute atomic E-state index is 0.0125. The number of amides is 1. The van der Waals surface area contributed by atoms with E-state index < -0.39 is 10.5 Å². The van der Waals surface area contributed by atoms with Crippen molar-refractivity contribution in [1.82, 2.24) is 14.9 Å². The van der Waals surface area contributed by atoms with E-state index in [1.807, 2.05) is 20.8 Å². The Kier molecular flexibility index (Phi) is 4.71. The van der Waals surface area contributed by atoms with Crippen molar-refractivity contribution in [1.29, 1.82) is 0 Å². The summed E-state index contributed by atoms with van der Waals surface area (Å²) in [5.74, 6) is 0. The van der Waals surface area contributed by atoms with Gasteiger partial charge in [-0.25, -0.2) is 4.79 Å². The average Bonchev–Trinajstić information content (AvgIpc) is 2.94. The van der Waals surface area contributed by atoms with Gasteiger partial charge in [0.05, 0.1) is 22.5 Å². The number of nitro groups is 1. The maximum absolute atomic E-state index is 12.2. The lowest BCUT2D eigenvalue weighted by atomic mass is 10.1. The molecule has 0 bridgehead atoms. The fourth-order valence-corrected chi connectivity index (χ4v) is 2.83. The maximum Gasteiger partial charge on any atom is 0.410 e. The molecule has 9 nitrogen and oxygen atoms in total. The van der Waals surface area contributed by atoms with Gasteiger partial charge in [-0.05, 0) is 39.7 Å². The van der Waals surface area contributed by atoms with Crippen molar-refractivity contribution in [3.8, 4) is 6.01 Å². The summed E-state index contributed by atoms with van der Waals surface area (Å²) in [5.41, 5.74) is 0.569. The van der Waals surface area contributed by atoms with E-state index in [2.05, 4.69) is 9.97 Å². The Morgan fingerprint density at radius 3 is 2.88 bits per heavy atom. The molecular weight excluding hydrogens is 340 g/mol. The third kappa shape index (κ3) is 4.22. The number of H-pyrrole nitrogens is 1. The van der Waals surface area contributed by atoms with Gasteiger partial charge >= 0.3 is 6.09 Å². The number of piperidine rings is 1. The number of likely N-dealkylation sites (tertiary alicyclic amines) is 1. The van der Waals surface area contributed by atoms with Crippen molar-refractivity contribution in [2.24, 2.45) is 0 Å². The van der Waals surface area contributed by atoms with Crippen LogP contribution in [0.2, 0.25) is 0 Å². The van der Waals surface area contributed by atoms with E-state index in [0.29, 0.717) is 24.1 Å². The average molecular weight is 362 g/mol. The van der Waals surface area contributed by atoms with Gasteiger partial charge in [-0.2, -0.15) is 4.98 Å². The maximum atomic E-state index is 12.2. The Morgan fingerprint density at radius 2 is 2.19 bits per heavy atom. The standard InChI is InChI=1S/C17H22N4O5/c1-17(2,3)26-16(22)20-8-4-5-12(10-20)25-15-18-13-7-6-11(21(23)24)9-14(13)19-15/h6-7,9,12H,4-5,8,10H2,1-3H3,(H,18,19)/t12-/m1/s1. The van der Waals surface area contributed by atoms with Crippen molar-refractivity contribution in [2.45, 2.75) is 45.3 Å². The predicted octanol–water partition coefficient (Wildman–Crippen LogP) is 3.25. The lowest BCUT2D eigenvalue weighted by molar-refractivity contribution is -0.384. The van der Waals surface area contributed by atoms with E-state index in [0.717, 1.165) is 12.8 Å². The Balaban J connectivity index is 1.67. The van der Waals surface area contributed by atoms with Crippen molar-refractivity contribution < 1.29 is 19.2 Å². The number of nitro benzene ring substituents is 1. The van der Waals surface area contributed by atoms with Gasteiger partial charge in [0.15, 0.2) is 0 Å². The minimum atomic E-state index is -0.543. The quantitative estimate of drug-likeness (QED) is 0.663. The normalized spacial score (nSPS) is 18.0. The predicted molar refractivity (Wildman–Crippen MR) is 94.2 cm³/mol. The molecule has 0 unspecified atom stereocenters. The zero-order valence-electron chi connectivity index (χ0n) is 15.0. The number of ether oxygens (including phenoxy) is 2. The summed E-state index contributed by atoms with van der Waals surface area (Å²) >= 11 is 0. The molecule has 2 aromatic rings. The Labute approximate surface area is 150 Å². The van der Waals surface area contributed by atoms with Crippen molar-refractivity contribution >= 4 is 22.8 Å². The van der Waals surface area contributed by atoms with Gasteiger partial charge in [0, 0.05) is 18.7 Å². The third-order valence-electron chi connectivity index (χ3n) is 3.96. The van der Waals surface area contributed by atoms with Crippen LogP contribution in [0.25, 0.3) is 11.0 Å². The summed E-state index contributed by atoms with van der Waals surface area (Å²) in [6.07, 6.45) is 1.02. The first kappa shape index (κ1) is 18.0. The molecule has 1 aliphatic heterocycles. The van der Waals surface area contributed by atoms with Crippen LogP contribution < -0.4 is 4.74 Å². The van der Waals surface area contributed by atoms with E-state index >= 15 is 0 Å². The fraction of sp³-hybridized carbons (Fsp3) is 0.529. The number of hydrogen-bond donors (Lipinski definition) is 1. The van der Waals surface area contributed by atoms with Crippen LogP contribution in [0.5, 0.6) is 6.01 Å². The Hall–Kier alpha value is -2.84. The first-order valence-corrected chi connectivity index (χ1v) is 8.50. The molecule has 2 heterocycles. The molecule has 1 fully saturated rings. The highest BCUT2D eigenvalue weighted by Gasteiger charge is 2.29. The molecule has 0 aliphatic carbocycles. The van der Waals surface area contributed by atoms with E-state index in [4.69, 9.17) is 9.47 Å². The second-order valence-corrected chi connectivity index (χ2v) is 7.31. The number of non-ortho nitro benzene ring substituents is 1. The molecule has 1 amide bonds. The second kappa shape index (κ2) is 6.81. The number of rotatable bonds is 3. The number of imidazole rings is 1. The molecular formula is C17H22N4O5. The SMILES string of the molecule is CC(C)(C)OC(=O)N1CCC[C@@H](Oc2nc3ccc([N+](=O)[O-])cc3[nH]2)C1. The van der Waals surface area contributed by atoms with Gasteiger partial charge in [0.2, 0.25) is 0 Å². The fourth-order valence-electron chi connectivity index (χ4n) is 2.83. The van der Waals surface area contributed by atoms with E-state index in [1.165, 1.54) is 12.1 Å². The first-order chi connectivity index (χ1) is 12.2. The van der Waals surface area contributed by atoms with E-state index in [1.54, 1.807) is 11.0 Å². The van der Waals surface area contributed by atoms with Gasteiger partial charge in [0.1, 0.15) is 11.7 Å². The van der Waals surface area contributed by atoms with Gasteiger partial charge in [-0.3, -0.25) is 10.1 Å². The lowest BCUT2D eigenvalue weighted by Gasteiger charge is -2.33. The van der Waals surface area contributed by atoms with Gasteiger partial charge < -0.3 is 19.4 Å². The molecule has 1 aromatic carbocycles. The highest BCUT2D eigenvalue weighted by Crippen LogP contribution is 2.24. The number of hydrogen-bond acceptors (Lipinski definition) is 6. The Morgan fingerprint density at radius 1 is 1.42 bits per heavy atom. The number of benzene rings is 1. The number of nitrogens with zero attached hydrogens (tertiary/aromatic N) is 3. The molecule has 140 valence electrons. The van der Waals surface area contributed by atoms with Crippen molar-refractivity contribution in [3.63, 3.8) is 0 Å². The van der Waals surface area contributed by atoms with Crippen LogP contribution in [0.1, 0.15) is 33.6 Å². The number of carbonyl (C=O) groups is 1. The van der Waals surface area contributed by atoms with Crippen LogP contribution in [0.4, 0.5) is 10.5 Å². The molecule has 0 spiro atoms. The van der Waals surface area contributed by atoms with Crippen molar-refractivity contribution in [2.75, 3.05) is 13.1 Å². The molecule has 0 radical (unpaired) electrons. The van der Waals surface area contributed by atoms with Gasteiger partial charge in [-0.1, -0.05) is 0 Å². The van der Waals surface area contributed by atoms with Crippen LogP contribution in [0, 0.1) is 10.1 Å². The number of aromatic nitrogens is 2. The molecule has 1 aromatic heterocycles. The molecule has 1 saturated heterocycles. The zero-order chi connectivity index (χ0) is 18.9. The van der Waals surface area contributed by atoms with Gasteiger partial charge in [-0.15, -0.1) is 0 Å². The van der Waals surface area contributed by atoms with E-state index in [-0.39, 0.29) is 23.9 Å². The smallest absolute Gasteiger partial charge is 0.410 e. The second-order valence-electron chi connectivity index (χ2n) is 7.31. The van der Waals surface area contributed by atoms with Gasteiger partial charge in [0.25, 0.3) is 11.7 Å². The number of fused-ring (bicyclic) bond motifs is 1. The van der Waals surface area contributed by atoms with Crippen LogP contribution in [-0.4, -0.2) is 50.7 Å². The van der Waals surface area contributed by atoms with E-state index in [9.17, 15) is 14.9 Å². The summed E-state index contributed by atoms with van der Waals surface area (Å²) < 4.78 is 11.3. The zero-order valence-corrected chi connectivity index (χ0v) is 15.0. The van der Waals surface area contributed by atoms with Crippen LogP contribution in [0.3, 0.4) is 0 Å². The number of aromatic amines is 1. The molecule has 26 heavy (non-hydrogen) atoms. The molecule has 3 rings (SSSR count). The molecule has 9 heteroatoms. The summed E-state index contributed by atoms with van der Waals surface area (Å²) in [4.78, 5) is 31.5. The molecule has 1 atom stereocenters. The highest BCUT2D eigenvalue weighted by atomic mass is 16.6. The number of carbonyl (C=O) groups excluding carboxylic acids is 1. The Bertz CT molecular complexity index is 826. The number of nitrogens with one attached hydrogen (secondary N) is 1. The lowest BCUT2D eigenvalue weighted by Crippen LogP contribution is -2.46. The minimum Gasteiger partial charge on any atom is -0.460 e. The summed E-state index contributed by atoms with van der Waals surface area (Å²) in [5, 5.41) is 10.9. The summed E-state index contributed by atoms with van der Waals surface area (Å²) in [6, 6.07) is 4.68. The van der Waals surface area contributed by atoms with Crippen LogP contribution >= 0.6 is 0 Å². The largest absolute Gasteiger partial charge is 0.460 e. The third-order valence-corrected chi connectivity index (χ3v) is 3.96. The van der Waals surface area contributed by atoms with Crippen LogP contribution in [-0.2, 0) is 4.74 Å². The topological polar surface area (TPSA) is 111 Å². The van der Waals surface area contributed by atoms with Crippen LogP contribution in [0.15, 0.2) is 18.2 Å². The highest BCUT2D eigenvalue weighted by molar-refractivity contribution is 5.78. The summed E-state index contributed by atoms with van der Waals surface area (Å²) in [6.45, 7) is 6.52. The molecule has 1 N–H and O–H groups in total. The molecule has 1 aliphatic rings. The first-order valence-electron chi connectivity index (χ1n) is 8.50. The molecule has 0 saturated carbocycles. The summed E-state index contributed by atoms with van der Waals surface area (Å²) in [7, 11) is 0.